The zero-order valence-corrected chi connectivity index (χ0v) is 14.0. The van der Waals surface area contributed by atoms with E-state index in [4.69, 9.17) is 4.74 Å². The summed E-state index contributed by atoms with van der Waals surface area (Å²) in [6.07, 6.45) is 0. The van der Waals surface area contributed by atoms with Gasteiger partial charge in [-0.25, -0.2) is 4.79 Å². The fourth-order valence-electron chi connectivity index (χ4n) is 2.43. The minimum Gasteiger partial charge on any atom is -0.462 e. The SMILES string of the molecule is CCOC(=O)c1ccccc1NCC(=O)c1cc(C)n(C)c1C. The Morgan fingerprint density at radius 3 is 2.48 bits per heavy atom. The van der Waals surface area contributed by atoms with E-state index >= 15 is 0 Å². The van der Waals surface area contributed by atoms with Crippen LogP contribution in [0, 0.1) is 13.8 Å². The van der Waals surface area contributed by atoms with Crippen LogP contribution in [0.25, 0.3) is 0 Å². The molecule has 0 saturated heterocycles. The Hall–Kier alpha value is -2.56. The molecule has 0 aliphatic rings. The molecule has 5 heteroatoms. The summed E-state index contributed by atoms with van der Waals surface area (Å²) in [7, 11) is 1.94. The first-order chi connectivity index (χ1) is 11.0. The molecule has 0 radical (unpaired) electrons. The summed E-state index contributed by atoms with van der Waals surface area (Å²) in [5.74, 6) is -0.403. The molecule has 2 rings (SSSR count). The highest BCUT2D eigenvalue weighted by Gasteiger charge is 2.16. The van der Waals surface area contributed by atoms with Crippen LogP contribution in [0.5, 0.6) is 0 Å². The molecular formula is C18H22N2O3. The molecule has 0 aliphatic carbocycles. The molecular weight excluding hydrogens is 292 g/mol. The maximum absolute atomic E-state index is 12.4. The van der Waals surface area contributed by atoms with E-state index < -0.39 is 5.97 Å². The van der Waals surface area contributed by atoms with E-state index in [1.807, 2.05) is 37.6 Å². The number of carbonyl (C=O) groups is 2. The first-order valence-electron chi connectivity index (χ1n) is 7.61. The van der Waals surface area contributed by atoms with Crippen LogP contribution in [0.3, 0.4) is 0 Å². The molecule has 0 fully saturated rings. The number of para-hydroxylation sites is 1. The molecule has 0 amide bonds. The number of Topliss-reactive ketones (excluding diaryl/α,β-unsaturated/α-hetero) is 1. The fourth-order valence-corrected chi connectivity index (χ4v) is 2.43. The molecule has 1 aromatic heterocycles. The van der Waals surface area contributed by atoms with Crippen LogP contribution in [-0.2, 0) is 11.8 Å². The molecule has 0 atom stereocenters. The van der Waals surface area contributed by atoms with Crippen LogP contribution >= 0.6 is 0 Å². The van der Waals surface area contributed by atoms with Crippen molar-refractivity contribution in [3.63, 3.8) is 0 Å². The van der Waals surface area contributed by atoms with Crippen molar-refractivity contribution < 1.29 is 14.3 Å². The highest BCUT2D eigenvalue weighted by molar-refractivity contribution is 6.01. The minimum absolute atomic E-state index is 0.00939. The molecule has 1 aromatic carbocycles. The maximum atomic E-state index is 12.4. The van der Waals surface area contributed by atoms with Crippen LogP contribution in [0.2, 0.25) is 0 Å². The van der Waals surface area contributed by atoms with Crippen molar-refractivity contribution in [3.05, 3.63) is 52.8 Å². The summed E-state index contributed by atoms with van der Waals surface area (Å²) in [6.45, 7) is 6.09. The number of benzene rings is 1. The molecule has 1 heterocycles. The quantitative estimate of drug-likeness (QED) is 0.657. The number of anilines is 1. The number of ether oxygens (including phenoxy) is 1. The lowest BCUT2D eigenvalue weighted by Crippen LogP contribution is -2.17. The summed E-state index contributed by atoms with van der Waals surface area (Å²) in [5.41, 5.74) is 3.71. The molecule has 2 aromatic rings. The van der Waals surface area contributed by atoms with Crippen molar-refractivity contribution >= 4 is 17.4 Å². The van der Waals surface area contributed by atoms with Crippen LogP contribution in [0.15, 0.2) is 30.3 Å². The van der Waals surface area contributed by atoms with Crippen molar-refractivity contribution in [2.75, 3.05) is 18.5 Å². The van der Waals surface area contributed by atoms with Gasteiger partial charge in [-0.3, -0.25) is 4.79 Å². The van der Waals surface area contributed by atoms with Gasteiger partial charge in [-0.15, -0.1) is 0 Å². The van der Waals surface area contributed by atoms with E-state index in [-0.39, 0.29) is 12.3 Å². The number of hydrogen-bond acceptors (Lipinski definition) is 4. The van der Waals surface area contributed by atoms with Crippen molar-refractivity contribution in [1.29, 1.82) is 0 Å². The smallest absolute Gasteiger partial charge is 0.340 e. The number of nitrogens with zero attached hydrogens (tertiary/aromatic N) is 1. The summed E-state index contributed by atoms with van der Waals surface area (Å²) in [6, 6.07) is 8.92. The Morgan fingerprint density at radius 2 is 1.87 bits per heavy atom. The van der Waals surface area contributed by atoms with Gasteiger partial charge in [-0.1, -0.05) is 12.1 Å². The van der Waals surface area contributed by atoms with E-state index in [2.05, 4.69) is 5.32 Å². The van der Waals surface area contributed by atoms with Crippen molar-refractivity contribution in [3.8, 4) is 0 Å². The predicted octanol–water partition coefficient (Wildman–Crippen LogP) is 3.11. The average Bonchev–Trinajstić information content (AvgIpc) is 2.80. The van der Waals surface area contributed by atoms with E-state index in [0.29, 0.717) is 23.4 Å². The Labute approximate surface area is 136 Å². The monoisotopic (exact) mass is 314 g/mol. The Morgan fingerprint density at radius 1 is 1.17 bits per heavy atom. The van der Waals surface area contributed by atoms with Gasteiger partial charge in [0.1, 0.15) is 0 Å². The normalized spacial score (nSPS) is 10.4. The molecule has 0 aliphatic heterocycles. The number of nitrogens with one attached hydrogen (secondary N) is 1. The number of ketones is 1. The summed E-state index contributed by atoms with van der Waals surface area (Å²) >= 11 is 0. The standard InChI is InChI=1S/C18H22N2O3/c1-5-23-18(22)14-8-6-7-9-16(14)19-11-17(21)15-10-12(2)20(4)13(15)3/h6-10,19H,5,11H2,1-4H3. The lowest BCUT2D eigenvalue weighted by molar-refractivity contribution is 0.0527. The lowest BCUT2D eigenvalue weighted by Gasteiger charge is -2.11. The average molecular weight is 314 g/mol. The van der Waals surface area contributed by atoms with Gasteiger partial charge in [0.2, 0.25) is 0 Å². The van der Waals surface area contributed by atoms with Gasteiger partial charge >= 0.3 is 5.97 Å². The molecule has 0 saturated carbocycles. The van der Waals surface area contributed by atoms with Gasteiger partial charge in [-0.05, 0) is 39.0 Å². The van der Waals surface area contributed by atoms with E-state index in [1.54, 1.807) is 25.1 Å². The summed E-state index contributed by atoms with van der Waals surface area (Å²) in [5, 5.41) is 3.05. The Balaban J connectivity index is 2.13. The predicted molar refractivity (Wildman–Crippen MR) is 90.1 cm³/mol. The zero-order valence-electron chi connectivity index (χ0n) is 14.0. The molecule has 0 unspecified atom stereocenters. The van der Waals surface area contributed by atoms with E-state index in [0.717, 1.165) is 11.4 Å². The second-order valence-corrected chi connectivity index (χ2v) is 5.39. The third-order valence-corrected chi connectivity index (χ3v) is 3.94. The van der Waals surface area contributed by atoms with Gasteiger partial charge in [0.15, 0.2) is 5.78 Å². The number of aromatic nitrogens is 1. The van der Waals surface area contributed by atoms with Crippen LogP contribution < -0.4 is 5.32 Å². The van der Waals surface area contributed by atoms with Gasteiger partial charge in [0.05, 0.1) is 18.7 Å². The number of aryl methyl sites for hydroxylation is 1. The van der Waals surface area contributed by atoms with Crippen molar-refractivity contribution in [2.45, 2.75) is 20.8 Å². The second kappa shape index (κ2) is 7.13. The van der Waals surface area contributed by atoms with Crippen LogP contribution in [0.4, 0.5) is 5.69 Å². The zero-order chi connectivity index (χ0) is 17.0. The van der Waals surface area contributed by atoms with Gasteiger partial charge in [0, 0.05) is 29.7 Å². The van der Waals surface area contributed by atoms with Gasteiger partial charge < -0.3 is 14.6 Å². The van der Waals surface area contributed by atoms with Gasteiger partial charge in [0.25, 0.3) is 0 Å². The molecule has 122 valence electrons. The van der Waals surface area contributed by atoms with Crippen molar-refractivity contribution in [2.24, 2.45) is 7.05 Å². The molecule has 5 nitrogen and oxygen atoms in total. The van der Waals surface area contributed by atoms with Gasteiger partial charge in [-0.2, -0.15) is 0 Å². The second-order valence-electron chi connectivity index (χ2n) is 5.39. The first-order valence-corrected chi connectivity index (χ1v) is 7.61. The third kappa shape index (κ3) is 3.62. The first kappa shape index (κ1) is 16.8. The molecule has 23 heavy (non-hydrogen) atoms. The number of esters is 1. The number of carbonyl (C=O) groups excluding carboxylic acids is 2. The lowest BCUT2D eigenvalue weighted by atomic mass is 10.1. The number of hydrogen-bond donors (Lipinski definition) is 1. The van der Waals surface area contributed by atoms with Crippen molar-refractivity contribution in [1.82, 2.24) is 4.57 Å². The van der Waals surface area contributed by atoms with Crippen LogP contribution in [0.1, 0.15) is 39.0 Å². The molecule has 1 N–H and O–H groups in total. The highest BCUT2D eigenvalue weighted by Crippen LogP contribution is 2.18. The Bertz CT molecular complexity index is 732. The van der Waals surface area contributed by atoms with E-state index in [9.17, 15) is 9.59 Å². The number of rotatable bonds is 6. The molecule has 0 spiro atoms. The highest BCUT2D eigenvalue weighted by atomic mass is 16.5. The topological polar surface area (TPSA) is 60.3 Å². The molecule has 0 bridgehead atoms. The van der Waals surface area contributed by atoms with E-state index in [1.165, 1.54) is 0 Å². The Kier molecular flexibility index (Phi) is 5.21. The summed E-state index contributed by atoms with van der Waals surface area (Å²) in [4.78, 5) is 24.4. The van der Waals surface area contributed by atoms with Crippen LogP contribution in [-0.4, -0.2) is 29.5 Å². The minimum atomic E-state index is -0.394. The summed E-state index contributed by atoms with van der Waals surface area (Å²) < 4.78 is 7.02. The third-order valence-electron chi connectivity index (χ3n) is 3.94. The fraction of sp³-hybridized carbons (Fsp3) is 0.333. The maximum Gasteiger partial charge on any atom is 0.340 e. The largest absolute Gasteiger partial charge is 0.462 e.